The molecule has 0 aliphatic carbocycles. The van der Waals surface area contributed by atoms with Gasteiger partial charge in [0.05, 0.1) is 23.0 Å². The third kappa shape index (κ3) is 4.85. The quantitative estimate of drug-likeness (QED) is 0.155. The number of hydrogen-bond donors (Lipinski definition) is 1. The van der Waals surface area contributed by atoms with Crippen molar-refractivity contribution in [2.45, 2.75) is 0 Å². The van der Waals surface area contributed by atoms with E-state index in [9.17, 15) is 0 Å². The summed E-state index contributed by atoms with van der Waals surface area (Å²) in [7, 11) is 1.63. The van der Waals surface area contributed by atoms with Crippen LogP contribution in [-0.4, -0.2) is 17.9 Å². The van der Waals surface area contributed by atoms with Crippen LogP contribution >= 0.6 is 27.3 Å². The number of amidine groups is 1. The van der Waals surface area contributed by atoms with Gasteiger partial charge in [0.15, 0.2) is 0 Å². The van der Waals surface area contributed by atoms with Crippen LogP contribution in [0.2, 0.25) is 0 Å². The highest BCUT2D eigenvalue weighted by atomic mass is 79.9. The van der Waals surface area contributed by atoms with Crippen molar-refractivity contribution in [1.82, 2.24) is 4.98 Å². The monoisotopic (exact) mass is 465 g/mol. The first-order valence-electron chi connectivity index (χ1n) is 8.72. The summed E-state index contributed by atoms with van der Waals surface area (Å²) < 4.78 is 7.30. The SMILES string of the molecule is COc1ccc(C(N=Nc2nc3ccccc3s2)=NNc2ccc(Br)cc2)cc1. The number of nitrogens with zero attached hydrogens (tertiary/aromatic N) is 4. The number of thiazole rings is 1. The minimum Gasteiger partial charge on any atom is -0.497 e. The van der Waals surface area contributed by atoms with Crippen molar-refractivity contribution >= 4 is 54.1 Å². The maximum atomic E-state index is 5.23. The molecule has 8 heteroatoms. The minimum atomic E-state index is 0.440. The lowest BCUT2D eigenvalue weighted by atomic mass is 10.2. The fourth-order valence-corrected chi connectivity index (χ4v) is 3.57. The van der Waals surface area contributed by atoms with Crippen LogP contribution in [0.1, 0.15) is 5.56 Å². The smallest absolute Gasteiger partial charge is 0.231 e. The normalized spacial score (nSPS) is 11.9. The number of halogens is 1. The summed E-state index contributed by atoms with van der Waals surface area (Å²) in [6.45, 7) is 0. The van der Waals surface area contributed by atoms with E-state index < -0.39 is 0 Å². The first kappa shape index (κ1) is 19.2. The van der Waals surface area contributed by atoms with Crippen molar-refractivity contribution in [2.24, 2.45) is 15.3 Å². The van der Waals surface area contributed by atoms with Crippen molar-refractivity contribution in [2.75, 3.05) is 12.5 Å². The summed E-state index contributed by atoms with van der Waals surface area (Å²) >= 11 is 4.91. The van der Waals surface area contributed by atoms with Crippen molar-refractivity contribution < 1.29 is 4.74 Å². The number of benzene rings is 3. The Bertz CT molecular complexity index is 1140. The van der Waals surface area contributed by atoms with Crippen molar-refractivity contribution in [1.29, 1.82) is 0 Å². The molecule has 0 bridgehead atoms. The highest BCUT2D eigenvalue weighted by Crippen LogP contribution is 2.28. The lowest BCUT2D eigenvalue weighted by Gasteiger charge is -2.04. The van der Waals surface area contributed by atoms with E-state index in [1.165, 1.54) is 11.3 Å². The van der Waals surface area contributed by atoms with Gasteiger partial charge in [-0.2, -0.15) is 5.10 Å². The van der Waals surface area contributed by atoms with Crippen LogP contribution in [-0.2, 0) is 0 Å². The molecule has 0 saturated heterocycles. The molecule has 0 unspecified atom stereocenters. The molecule has 3 aromatic carbocycles. The second kappa shape index (κ2) is 8.93. The Balaban J connectivity index is 1.64. The van der Waals surface area contributed by atoms with Crippen molar-refractivity contribution in [3.63, 3.8) is 0 Å². The topological polar surface area (TPSA) is 71.2 Å². The molecule has 1 heterocycles. The van der Waals surface area contributed by atoms with Crippen LogP contribution in [0.3, 0.4) is 0 Å². The summed E-state index contributed by atoms with van der Waals surface area (Å²) in [4.78, 5) is 4.49. The van der Waals surface area contributed by atoms with Gasteiger partial charge < -0.3 is 4.74 Å². The molecule has 0 radical (unpaired) electrons. The first-order chi connectivity index (χ1) is 14.2. The van der Waals surface area contributed by atoms with Crippen LogP contribution in [0, 0.1) is 0 Å². The Morgan fingerprint density at radius 2 is 1.76 bits per heavy atom. The standard InChI is InChI=1S/C21H16BrN5OS/c1-28-17-12-6-14(7-13-17)20(25-24-16-10-8-15(22)9-11-16)26-27-21-23-18-4-2-3-5-19(18)29-21/h2-13,24H,1H3. The molecular formula is C21H16BrN5OS. The Labute approximate surface area is 180 Å². The van der Waals surface area contributed by atoms with Crippen LogP contribution in [0.25, 0.3) is 10.2 Å². The third-order valence-corrected chi connectivity index (χ3v) is 5.45. The highest BCUT2D eigenvalue weighted by molar-refractivity contribution is 9.10. The van der Waals surface area contributed by atoms with E-state index in [0.29, 0.717) is 11.0 Å². The Morgan fingerprint density at radius 3 is 2.48 bits per heavy atom. The molecule has 29 heavy (non-hydrogen) atoms. The van der Waals surface area contributed by atoms with E-state index in [4.69, 9.17) is 4.74 Å². The van der Waals surface area contributed by atoms with Gasteiger partial charge in [-0.1, -0.05) is 39.4 Å². The number of ether oxygens (including phenoxy) is 1. The van der Waals surface area contributed by atoms with Gasteiger partial charge in [0.1, 0.15) is 5.75 Å². The molecule has 0 fully saturated rings. The predicted molar refractivity (Wildman–Crippen MR) is 121 cm³/mol. The second-order valence-electron chi connectivity index (χ2n) is 5.95. The molecule has 6 nitrogen and oxygen atoms in total. The first-order valence-corrected chi connectivity index (χ1v) is 10.3. The fourth-order valence-electron chi connectivity index (χ4n) is 2.52. The van der Waals surface area contributed by atoms with Gasteiger partial charge in [-0.25, -0.2) is 4.98 Å². The molecule has 0 saturated carbocycles. The minimum absolute atomic E-state index is 0.440. The van der Waals surface area contributed by atoms with Gasteiger partial charge in [-0.05, 0) is 60.7 Å². The second-order valence-corrected chi connectivity index (χ2v) is 7.87. The van der Waals surface area contributed by atoms with Gasteiger partial charge in [-0.3, -0.25) is 5.43 Å². The average molecular weight is 466 g/mol. The number of fused-ring (bicyclic) bond motifs is 1. The van der Waals surface area contributed by atoms with Crippen molar-refractivity contribution in [3.05, 3.63) is 82.8 Å². The van der Waals surface area contributed by atoms with E-state index >= 15 is 0 Å². The van der Waals surface area contributed by atoms with Crippen LogP contribution in [0.5, 0.6) is 5.75 Å². The molecule has 1 aromatic heterocycles. The number of para-hydroxylation sites is 1. The van der Waals surface area contributed by atoms with E-state index in [1.54, 1.807) is 7.11 Å². The molecule has 144 valence electrons. The number of nitrogens with one attached hydrogen (secondary N) is 1. The molecule has 0 atom stereocenters. The zero-order chi connectivity index (χ0) is 20.1. The molecule has 0 aliphatic heterocycles. The molecule has 1 N–H and O–H groups in total. The maximum Gasteiger partial charge on any atom is 0.231 e. The van der Waals surface area contributed by atoms with E-state index in [1.807, 2.05) is 72.8 Å². The molecular weight excluding hydrogens is 450 g/mol. The van der Waals surface area contributed by atoms with E-state index in [0.717, 1.165) is 31.7 Å². The molecule has 0 spiro atoms. The van der Waals surface area contributed by atoms with Crippen molar-refractivity contribution in [3.8, 4) is 5.75 Å². The number of azo groups is 1. The molecule has 0 amide bonds. The number of hydrazone groups is 1. The summed E-state index contributed by atoms with van der Waals surface area (Å²) in [6, 6.07) is 23.1. The lowest BCUT2D eigenvalue weighted by Crippen LogP contribution is -2.01. The van der Waals surface area contributed by atoms with E-state index in [-0.39, 0.29) is 0 Å². The predicted octanol–water partition coefficient (Wildman–Crippen LogP) is 6.63. The van der Waals surface area contributed by atoms with Gasteiger partial charge >= 0.3 is 0 Å². The van der Waals surface area contributed by atoms with E-state index in [2.05, 4.69) is 41.7 Å². The summed E-state index contributed by atoms with van der Waals surface area (Å²) in [5.74, 6) is 1.20. The maximum absolute atomic E-state index is 5.23. The van der Waals surface area contributed by atoms with Crippen LogP contribution < -0.4 is 10.2 Å². The lowest BCUT2D eigenvalue weighted by molar-refractivity contribution is 0.415. The molecule has 4 rings (SSSR count). The average Bonchev–Trinajstić information content (AvgIpc) is 3.18. The van der Waals surface area contributed by atoms with Gasteiger partial charge in [-0.15, -0.1) is 10.2 Å². The fraction of sp³-hybridized carbons (Fsp3) is 0.0476. The summed E-state index contributed by atoms with van der Waals surface area (Å²) in [5, 5.41) is 13.7. The van der Waals surface area contributed by atoms with Gasteiger partial charge in [0, 0.05) is 10.0 Å². The number of hydrogen-bond acceptors (Lipinski definition) is 6. The number of anilines is 1. The Morgan fingerprint density at radius 1 is 1.00 bits per heavy atom. The van der Waals surface area contributed by atoms with Crippen LogP contribution in [0.15, 0.2) is 92.6 Å². The summed E-state index contributed by atoms with van der Waals surface area (Å²) in [5.41, 5.74) is 5.58. The number of methoxy groups -OCH3 is 1. The number of rotatable bonds is 5. The van der Waals surface area contributed by atoms with Gasteiger partial charge in [0.25, 0.3) is 0 Å². The zero-order valence-electron chi connectivity index (χ0n) is 15.4. The number of aromatic nitrogens is 1. The van der Waals surface area contributed by atoms with Gasteiger partial charge in [0.2, 0.25) is 11.0 Å². The zero-order valence-corrected chi connectivity index (χ0v) is 17.8. The van der Waals surface area contributed by atoms with Crippen LogP contribution in [0.4, 0.5) is 10.8 Å². The third-order valence-electron chi connectivity index (χ3n) is 4.00. The Kier molecular flexibility index (Phi) is 5.92. The molecule has 0 aliphatic rings. The molecule has 4 aromatic rings. The Hall–Kier alpha value is -3.10. The highest BCUT2D eigenvalue weighted by Gasteiger charge is 2.06. The summed E-state index contributed by atoms with van der Waals surface area (Å²) in [6.07, 6.45) is 0. The largest absolute Gasteiger partial charge is 0.497 e.